The molecular weight excluding hydrogens is 208 g/mol. The van der Waals surface area contributed by atoms with E-state index in [2.05, 4.69) is 4.98 Å². The summed E-state index contributed by atoms with van der Waals surface area (Å²) in [5.74, 6) is -0.308. The van der Waals surface area contributed by atoms with Crippen LogP contribution >= 0.6 is 0 Å². The average Bonchev–Trinajstić information content (AvgIpc) is 2.64. The van der Waals surface area contributed by atoms with Gasteiger partial charge >= 0.3 is 0 Å². The topological polar surface area (TPSA) is 73.4 Å². The zero-order valence-electron chi connectivity index (χ0n) is 9.06. The quantitative estimate of drug-likeness (QED) is 0.696. The Hall–Kier alpha value is -1.62. The fraction of sp³-hybridized carbons (Fsp3) is 0.455. The monoisotopic (exact) mass is 222 g/mol. The van der Waals surface area contributed by atoms with Crippen LogP contribution in [0.2, 0.25) is 0 Å². The summed E-state index contributed by atoms with van der Waals surface area (Å²) in [6.07, 6.45) is 1.55. The minimum Gasteiger partial charge on any atom is -0.391 e. The molecule has 2 heterocycles. The number of aliphatic hydroxyl groups is 1. The maximum atomic E-state index is 11.9. The van der Waals surface area contributed by atoms with E-state index in [9.17, 15) is 14.7 Å². The lowest BCUT2D eigenvalue weighted by Gasteiger charge is -2.14. The summed E-state index contributed by atoms with van der Waals surface area (Å²) in [7, 11) is 0. The number of aromatic amines is 1. The predicted molar refractivity (Wildman–Crippen MR) is 58.3 cm³/mol. The van der Waals surface area contributed by atoms with E-state index in [0.29, 0.717) is 19.5 Å². The van der Waals surface area contributed by atoms with Crippen LogP contribution in [0.1, 0.15) is 22.5 Å². The number of nitrogens with one attached hydrogen (secondary N) is 1. The predicted octanol–water partition coefficient (Wildman–Crippen LogP) is -0.110. The number of hydrogen-bond acceptors (Lipinski definition) is 3. The average molecular weight is 222 g/mol. The van der Waals surface area contributed by atoms with Crippen LogP contribution in [0.3, 0.4) is 0 Å². The molecule has 1 amide bonds. The molecule has 1 atom stereocenters. The van der Waals surface area contributed by atoms with Gasteiger partial charge in [-0.15, -0.1) is 0 Å². The van der Waals surface area contributed by atoms with Crippen LogP contribution in [-0.4, -0.2) is 40.1 Å². The third-order valence-electron chi connectivity index (χ3n) is 2.74. The first-order valence-corrected chi connectivity index (χ1v) is 5.24. The van der Waals surface area contributed by atoms with Gasteiger partial charge in [-0.3, -0.25) is 9.59 Å². The molecule has 0 aliphatic carbocycles. The summed E-state index contributed by atoms with van der Waals surface area (Å²) in [4.78, 5) is 27.9. The Morgan fingerprint density at radius 2 is 2.38 bits per heavy atom. The van der Waals surface area contributed by atoms with Crippen LogP contribution in [0, 0.1) is 6.92 Å². The SMILES string of the molecule is Cc1cc(=O)c(C(=O)N2CC[C@H](O)C2)c[nH]1. The van der Waals surface area contributed by atoms with Crippen LogP contribution in [0.4, 0.5) is 0 Å². The minimum absolute atomic E-state index is 0.139. The lowest BCUT2D eigenvalue weighted by molar-refractivity contribution is 0.0763. The van der Waals surface area contributed by atoms with Crippen LogP contribution < -0.4 is 5.43 Å². The molecule has 16 heavy (non-hydrogen) atoms. The summed E-state index contributed by atoms with van der Waals surface area (Å²) < 4.78 is 0. The second-order valence-corrected chi connectivity index (χ2v) is 4.09. The molecule has 0 aromatic carbocycles. The van der Waals surface area contributed by atoms with Gasteiger partial charge in [0.05, 0.1) is 6.10 Å². The number of β-amino-alcohol motifs (C(OH)–C–C–N with tert-alkyl or cyclic N) is 1. The Kier molecular flexibility index (Phi) is 2.78. The van der Waals surface area contributed by atoms with Gasteiger partial charge in [-0.25, -0.2) is 0 Å². The fourth-order valence-electron chi connectivity index (χ4n) is 1.84. The van der Waals surface area contributed by atoms with Crippen molar-refractivity contribution in [1.82, 2.24) is 9.88 Å². The van der Waals surface area contributed by atoms with Gasteiger partial charge in [0.2, 0.25) is 0 Å². The van der Waals surface area contributed by atoms with Crippen molar-refractivity contribution in [3.8, 4) is 0 Å². The van der Waals surface area contributed by atoms with Gasteiger partial charge in [-0.1, -0.05) is 0 Å². The molecule has 2 rings (SSSR count). The summed E-state index contributed by atoms with van der Waals surface area (Å²) >= 11 is 0. The number of aromatic nitrogens is 1. The maximum Gasteiger partial charge on any atom is 0.259 e. The lowest BCUT2D eigenvalue weighted by atomic mass is 10.2. The number of aliphatic hydroxyl groups excluding tert-OH is 1. The van der Waals surface area contributed by atoms with E-state index in [4.69, 9.17) is 0 Å². The second-order valence-electron chi connectivity index (χ2n) is 4.09. The van der Waals surface area contributed by atoms with Gasteiger partial charge < -0.3 is 15.0 Å². The van der Waals surface area contributed by atoms with Gasteiger partial charge in [0, 0.05) is 31.0 Å². The standard InChI is InChI=1S/C11H14N2O3/c1-7-4-10(15)9(5-12-7)11(16)13-3-2-8(14)6-13/h4-5,8,14H,2-3,6H2,1H3,(H,12,15)/t8-/m0/s1. The normalized spacial score (nSPS) is 20.1. The zero-order valence-corrected chi connectivity index (χ0v) is 9.06. The molecule has 1 fully saturated rings. The number of carbonyl (C=O) groups is 1. The molecule has 1 aliphatic heterocycles. The van der Waals surface area contributed by atoms with Gasteiger partial charge in [0.15, 0.2) is 5.43 Å². The summed E-state index contributed by atoms with van der Waals surface area (Å²) in [6.45, 7) is 2.58. The second kappa shape index (κ2) is 4.09. The number of H-pyrrole nitrogens is 1. The molecule has 0 unspecified atom stereocenters. The highest BCUT2D eigenvalue weighted by atomic mass is 16.3. The Labute approximate surface area is 92.7 Å². The Morgan fingerprint density at radius 1 is 1.62 bits per heavy atom. The summed E-state index contributed by atoms with van der Waals surface area (Å²) in [5.41, 5.74) is 0.588. The Morgan fingerprint density at radius 3 is 2.94 bits per heavy atom. The number of amides is 1. The van der Waals surface area contributed by atoms with E-state index in [0.717, 1.165) is 5.69 Å². The molecule has 0 bridgehead atoms. The highest BCUT2D eigenvalue weighted by molar-refractivity contribution is 5.94. The van der Waals surface area contributed by atoms with Crippen molar-refractivity contribution in [2.45, 2.75) is 19.4 Å². The summed E-state index contributed by atoms with van der Waals surface area (Å²) in [5, 5.41) is 9.33. The molecule has 0 saturated carbocycles. The Bertz CT molecular complexity index is 467. The van der Waals surface area contributed by atoms with E-state index < -0.39 is 6.10 Å². The van der Waals surface area contributed by atoms with Crippen LogP contribution in [0.25, 0.3) is 0 Å². The van der Waals surface area contributed by atoms with Crippen molar-refractivity contribution in [2.24, 2.45) is 0 Å². The van der Waals surface area contributed by atoms with Crippen molar-refractivity contribution in [1.29, 1.82) is 0 Å². The van der Waals surface area contributed by atoms with Crippen molar-refractivity contribution in [3.05, 3.63) is 33.7 Å². The highest BCUT2D eigenvalue weighted by Crippen LogP contribution is 2.11. The number of likely N-dealkylation sites (tertiary alicyclic amines) is 1. The first kappa shape index (κ1) is 10.9. The fourth-order valence-corrected chi connectivity index (χ4v) is 1.84. The maximum absolute atomic E-state index is 11.9. The molecule has 0 spiro atoms. The number of aryl methyl sites for hydroxylation is 1. The van der Waals surface area contributed by atoms with Crippen molar-refractivity contribution >= 4 is 5.91 Å². The molecule has 0 radical (unpaired) electrons. The van der Waals surface area contributed by atoms with Crippen LogP contribution in [0.15, 0.2) is 17.1 Å². The van der Waals surface area contributed by atoms with E-state index in [1.807, 2.05) is 0 Å². The number of rotatable bonds is 1. The molecule has 1 aliphatic rings. The molecule has 1 aromatic heterocycles. The van der Waals surface area contributed by atoms with Gasteiger partial charge in [-0.05, 0) is 13.3 Å². The molecule has 5 nitrogen and oxygen atoms in total. The van der Waals surface area contributed by atoms with E-state index in [-0.39, 0.29) is 16.9 Å². The first-order chi connectivity index (χ1) is 7.58. The van der Waals surface area contributed by atoms with E-state index in [1.54, 1.807) is 6.92 Å². The molecular formula is C11H14N2O3. The van der Waals surface area contributed by atoms with E-state index in [1.165, 1.54) is 17.2 Å². The molecule has 1 saturated heterocycles. The molecule has 5 heteroatoms. The van der Waals surface area contributed by atoms with Crippen molar-refractivity contribution in [3.63, 3.8) is 0 Å². The number of nitrogens with zero attached hydrogens (tertiary/aromatic N) is 1. The largest absolute Gasteiger partial charge is 0.391 e. The van der Waals surface area contributed by atoms with Crippen molar-refractivity contribution in [2.75, 3.05) is 13.1 Å². The molecule has 86 valence electrons. The first-order valence-electron chi connectivity index (χ1n) is 5.24. The smallest absolute Gasteiger partial charge is 0.259 e. The van der Waals surface area contributed by atoms with Crippen molar-refractivity contribution < 1.29 is 9.90 Å². The van der Waals surface area contributed by atoms with Gasteiger partial charge in [0.1, 0.15) is 5.56 Å². The van der Waals surface area contributed by atoms with Crippen LogP contribution in [0.5, 0.6) is 0 Å². The summed E-state index contributed by atoms with van der Waals surface area (Å²) in [6, 6.07) is 1.40. The third-order valence-corrected chi connectivity index (χ3v) is 2.74. The van der Waals surface area contributed by atoms with Crippen LogP contribution in [-0.2, 0) is 0 Å². The lowest BCUT2D eigenvalue weighted by Crippen LogP contribution is -2.33. The Balaban J connectivity index is 2.24. The third kappa shape index (κ3) is 1.99. The van der Waals surface area contributed by atoms with Gasteiger partial charge in [-0.2, -0.15) is 0 Å². The van der Waals surface area contributed by atoms with Gasteiger partial charge in [0.25, 0.3) is 5.91 Å². The highest BCUT2D eigenvalue weighted by Gasteiger charge is 2.26. The molecule has 2 N–H and O–H groups in total. The zero-order chi connectivity index (χ0) is 11.7. The minimum atomic E-state index is -0.464. The van der Waals surface area contributed by atoms with E-state index >= 15 is 0 Å². The molecule has 1 aromatic rings. The number of hydrogen-bond donors (Lipinski definition) is 2. The number of pyridine rings is 1. The number of carbonyl (C=O) groups excluding carboxylic acids is 1.